The lowest BCUT2D eigenvalue weighted by Gasteiger charge is -2.18. The molecule has 0 bridgehead atoms. The zero-order valence-electron chi connectivity index (χ0n) is 10.5. The van der Waals surface area contributed by atoms with Gasteiger partial charge < -0.3 is 4.74 Å². The molecule has 0 N–H and O–H groups in total. The van der Waals surface area contributed by atoms with Gasteiger partial charge in [-0.25, -0.2) is 0 Å². The first-order valence-electron chi connectivity index (χ1n) is 5.60. The molecule has 0 saturated carbocycles. The molecule has 0 aliphatic rings. The first-order chi connectivity index (χ1) is 6.37. The summed E-state index contributed by atoms with van der Waals surface area (Å²) in [5.74, 6) is 0.552. The summed E-state index contributed by atoms with van der Waals surface area (Å²) in [6.45, 7) is 17.2. The van der Waals surface area contributed by atoms with E-state index in [2.05, 4.69) is 40.1 Å². The number of ether oxygens (including phenoxy) is 1. The van der Waals surface area contributed by atoms with Crippen molar-refractivity contribution in [2.45, 2.75) is 46.0 Å². The van der Waals surface area contributed by atoms with E-state index < -0.39 is 8.07 Å². The van der Waals surface area contributed by atoms with Crippen molar-refractivity contribution in [1.29, 1.82) is 0 Å². The van der Waals surface area contributed by atoms with E-state index in [0.717, 1.165) is 19.6 Å². The van der Waals surface area contributed by atoms with Crippen LogP contribution >= 0.6 is 0 Å². The fourth-order valence-electron chi connectivity index (χ4n) is 1.21. The van der Waals surface area contributed by atoms with Crippen LogP contribution < -0.4 is 0 Å². The summed E-state index contributed by atoms with van der Waals surface area (Å²) < 4.78 is 5.70. The van der Waals surface area contributed by atoms with E-state index in [0.29, 0.717) is 5.92 Å². The van der Waals surface area contributed by atoms with Crippen LogP contribution in [-0.4, -0.2) is 21.3 Å². The van der Waals surface area contributed by atoms with Crippen LogP contribution in [0.4, 0.5) is 0 Å². The predicted molar refractivity (Wildman–Crippen MR) is 67.6 cm³/mol. The molecule has 0 heterocycles. The molecule has 0 fully saturated rings. The molecule has 0 unspecified atom stereocenters. The van der Waals surface area contributed by atoms with Gasteiger partial charge >= 0.3 is 0 Å². The summed E-state index contributed by atoms with van der Waals surface area (Å²) in [4.78, 5) is 0. The molecular weight excluding hydrogens is 188 g/mol. The molecule has 0 aliphatic heterocycles. The maximum absolute atomic E-state index is 5.70. The van der Waals surface area contributed by atoms with Crippen molar-refractivity contribution in [3.8, 4) is 0 Å². The smallest absolute Gasteiger partial charge is 0.0530 e. The second kappa shape index (κ2) is 6.41. The van der Waals surface area contributed by atoms with Gasteiger partial charge in [0.25, 0.3) is 0 Å². The monoisotopic (exact) mass is 214 g/mol. The van der Waals surface area contributed by atoms with Crippen molar-refractivity contribution in [1.82, 2.24) is 0 Å². The SMILES string of the molecule is C=C(C)[C@@H](CC)COCC[Si](C)(C)C. The summed E-state index contributed by atoms with van der Waals surface area (Å²) in [7, 11) is -0.914. The van der Waals surface area contributed by atoms with Gasteiger partial charge in [-0.05, 0) is 19.4 Å². The average molecular weight is 214 g/mol. The Morgan fingerprint density at radius 1 is 1.36 bits per heavy atom. The quantitative estimate of drug-likeness (QED) is 0.354. The van der Waals surface area contributed by atoms with Gasteiger partial charge in [-0.2, -0.15) is 0 Å². The van der Waals surface area contributed by atoms with Gasteiger partial charge in [0.15, 0.2) is 0 Å². The molecule has 0 aromatic carbocycles. The minimum absolute atomic E-state index is 0.552. The van der Waals surface area contributed by atoms with Crippen molar-refractivity contribution in [3.63, 3.8) is 0 Å². The van der Waals surface area contributed by atoms with Gasteiger partial charge in [-0.15, -0.1) is 0 Å². The Bertz CT molecular complexity index is 170. The summed E-state index contributed by atoms with van der Waals surface area (Å²) in [5, 5.41) is 0. The molecule has 0 amide bonds. The van der Waals surface area contributed by atoms with Crippen molar-refractivity contribution in [2.75, 3.05) is 13.2 Å². The lowest BCUT2D eigenvalue weighted by atomic mass is 10.0. The van der Waals surface area contributed by atoms with Crippen LogP contribution in [-0.2, 0) is 4.74 Å². The summed E-state index contributed by atoms with van der Waals surface area (Å²) in [5.41, 5.74) is 1.25. The standard InChI is InChI=1S/C12H26OSi/c1-7-12(11(2)3)10-13-8-9-14(4,5)6/h12H,2,7-10H2,1,3-6H3/t12-/m0/s1. The zero-order valence-corrected chi connectivity index (χ0v) is 11.5. The van der Waals surface area contributed by atoms with Crippen molar-refractivity contribution < 1.29 is 4.74 Å². The highest BCUT2D eigenvalue weighted by molar-refractivity contribution is 6.76. The predicted octanol–water partition coefficient (Wildman–Crippen LogP) is 3.94. The molecule has 14 heavy (non-hydrogen) atoms. The summed E-state index contributed by atoms with van der Waals surface area (Å²) in [6, 6.07) is 1.26. The Labute approximate surface area is 90.6 Å². The van der Waals surface area contributed by atoms with Crippen LogP contribution in [0.3, 0.4) is 0 Å². The largest absolute Gasteiger partial charge is 0.381 e. The van der Waals surface area contributed by atoms with E-state index >= 15 is 0 Å². The molecule has 0 rings (SSSR count). The molecule has 0 saturated heterocycles. The first kappa shape index (κ1) is 13.9. The van der Waals surface area contributed by atoms with Crippen LogP contribution in [0.2, 0.25) is 25.7 Å². The van der Waals surface area contributed by atoms with Crippen LogP contribution in [0, 0.1) is 5.92 Å². The van der Waals surface area contributed by atoms with Gasteiger partial charge in [0.05, 0.1) is 6.61 Å². The topological polar surface area (TPSA) is 9.23 Å². The summed E-state index contributed by atoms with van der Waals surface area (Å²) in [6.07, 6.45) is 1.14. The molecule has 0 aromatic heterocycles. The van der Waals surface area contributed by atoms with Crippen molar-refractivity contribution in [2.24, 2.45) is 5.92 Å². The summed E-state index contributed by atoms with van der Waals surface area (Å²) >= 11 is 0. The minimum atomic E-state index is -0.914. The molecule has 0 aromatic rings. The van der Waals surface area contributed by atoms with Gasteiger partial charge in [0.2, 0.25) is 0 Å². The number of hydrogen-bond donors (Lipinski definition) is 0. The van der Waals surface area contributed by atoms with Crippen LogP contribution in [0.15, 0.2) is 12.2 Å². The van der Waals surface area contributed by atoms with E-state index in [-0.39, 0.29) is 0 Å². The Morgan fingerprint density at radius 2 is 1.93 bits per heavy atom. The molecule has 1 nitrogen and oxygen atoms in total. The van der Waals surface area contributed by atoms with Crippen molar-refractivity contribution >= 4 is 8.07 Å². The van der Waals surface area contributed by atoms with Crippen LogP contribution in [0.1, 0.15) is 20.3 Å². The Hall–Kier alpha value is -0.0831. The molecule has 0 spiro atoms. The third kappa shape index (κ3) is 7.33. The fraction of sp³-hybridized carbons (Fsp3) is 0.833. The van der Waals surface area contributed by atoms with Gasteiger partial charge in [-0.1, -0.05) is 38.7 Å². The average Bonchev–Trinajstić information content (AvgIpc) is 2.01. The fourth-order valence-corrected chi connectivity index (χ4v) is 1.97. The van der Waals surface area contributed by atoms with Gasteiger partial charge in [-0.3, -0.25) is 0 Å². The zero-order chi connectivity index (χ0) is 11.2. The number of rotatable bonds is 7. The van der Waals surface area contributed by atoms with E-state index in [4.69, 9.17) is 4.74 Å². The lowest BCUT2D eigenvalue weighted by molar-refractivity contribution is 0.119. The van der Waals surface area contributed by atoms with Gasteiger partial charge in [0.1, 0.15) is 0 Å². The van der Waals surface area contributed by atoms with E-state index in [1.165, 1.54) is 11.6 Å². The lowest BCUT2D eigenvalue weighted by Crippen LogP contribution is -2.22. The highest BCUT2D eigenvalue weighted by Gasteiger charge is 2.13. The minimum Gasteiger partial charge on any atom is -0.381 e. The first-order valence-corrected chi connectivity index (χ1v) is 9.30. The van der Waals surface area contributed by atoms with Gasteiger partial charge in [0, 0.05) is 20.6 Å². The molecule has 1 atom stereocenters. The maximum Gasteiger partial charge on any atom is 0.0530 e. The van der Waals surface area contributed by atoms with E-state index in [1.54, 1.807) is 0 Å². The second-order valence-corrected chi connectivity index (χ2v) is 11.0. The Kier molecular flexibility index (Phi) is 6.37. The molecule has 2 heteroatoms. The maximum atomic E-state index is 5.70. The second-order valence-electron chi connectivity index (χ2n) is 5.34. The normalized spacial score (nSPS) is 14.1. The Balaban J connectivity index is 3.58. The highest BCUT2D eigenvalue weighted by atomic mass is 28.3. The van der Waals surface area contributed by atoms with E-state index in [9.17, 15) is 0 Å². The third-order valence-corrected chi connectivity index (χ3v) is 4.21. The van der Waals surface area contributed by atoms with Crippen LogP contribution in [0.5, 0.6) is 0 Å². The Morgan fingerprint density at radius 3 is 2.29 bits per heavy atom. The highest BCUT2D eigenvalue weighted by Crippen LogP contribution is 2.14. The van der Waals surface area contributed by atoms with Crippen molar-refractivity contribution in [3.05, 3.63) is 12.2 Å². The third-order valence-electron chi connectivity index (χ3n) is 2.51. The molecule has 0 aliphatic carbocycles. The van der Waals surface area contributed by atoms with Crippen LogP contribution in [0.25, 0.3) is 0 Å². The number of hydrogen-bond acceptors (Lipinski definition) is 1. The molecule has 84 valence electrons. The van der Waals surface area contributed by atoms with E-state index in [1.807, 2.05) is 0 Å². The molecular formula is C12H26OSi. The molecule has 0 radical (unpaired) electrons.